The molecule has 0 aliphatic rings. The zero-order chi connectivity index (χ0) is 20.8. The fourth-order valence-corrected chi connectivity index (χ4v) is 3.37. The lowest BCUT2D eigenvalue weighted by atomic mass is 9.76. The van der Waals surface area contributed by atoms with Crippen molar-refractivity contribution in [3.8, 4) is 0 Å². The summed E-state index contributed by atoms with van der Waals surface area (Å²) in [6, 6.07) is 21.7. The van der Waals surface area contributed by atoms with Gasteiger partial charge in [-0.2, -0.15) is 0 Å². The van der Waals surface area contributed by atoms with Crippen molar-refractivity contribution in [2.24, 2.45) is 5.92 Å². The molecule has 0 bridgehead atoms. The lowest BCUT2D eigenvalue weighted by molar-refractivity contribution is -0.484. The average molecular weight is 391 g/mol. The number of benzene rings is 3. The first-order chi connectivity index (χ1) is 14.0. The first-order valence-corrected chi connectivity index (χ1v) is 9.03. The van der Waals surface area contributed by atoms with Crippen molar-refractivity contribution in [1.29, 1.82) is 0 Å². The molecule has 5 nitrogen and oxygen atoms in total. The van der Waals surface area contributed by atoms with Crippen LogP contribution in [0.15, 0.2) is 84.9 Å². The molecule has 0 aliphatic carbocycles. The Kier molecular flexibility index (Phi) is 6.24. The van der Waals surface area contributed by atoms with E-state index in [0.29, 0.717) is 0 Å². The number of nitro groups is 1. The maximum Gasteiger partial charge on any atom is 0.211 e. The molecular weight excluding hydrogens is 373 g/mol. The molecule has 0 aromatic heterocycles. The van der Waals surface area contributed by atoms with Gasteiger partial charge in [0, 0.05) is 16.1 Å². The number of hydrogen-bond donors (Lipinski definition) is 0. The number of hydrogen-bond acceptors (Lipinski definition) is 4. The highest BCUT2D eigenvalue weighted by molar-refractivity contribution is 6.16. The van der Waals surface area contributed by atoms with Crippen molar-refractivity contribution in [2.45, 2.75) is 5.92 Å². The summed E-state index contributed by atoms with van der Waals surface area (Å²) in [5.74, 6) is -4.51. The molecule has 0 fully saturated rings. The van der Waals surface area contributed by atoms with Gasteiger partial charge < -0.3 is 0 Å². The van der Waals surface area contributed by atoms with E-state index in [9.17, 15) is 24.1 Å². The van der Waals surface area contributed by atoms with Crippen LogP contribution >= 0.6 is 0 Å². The smallest absolute Gasteiger partial charge is 0.211 e. The van der Waals surface area contributed by atoms with Crippen LogP contribution in [0.4, 0.5) is 4.39 Å². The number of halogens is 1. The van der Waals surface area contributed by atoms with Gasteiger partial charge in [-0.05, 0) is 11.6 Å². The zero-order valence-corrected chi connectivity index (χ0v) is 15.4. The van der Waals surface area contributed by atoms with E-state index in [1.54, 1.807) is 36.4 Å². The molecule has 146 valence electrons. The van der Waals surface area contributed by atoms with Gasteiger partial charge in [0.15, 0.2) is 11.6 Å². The Balaban J connectivity index is 2.15. The fraction of sp³-hybridized carbons (Fsp3) is 0.130. The SMILES string of the molecule is O=C(c1ccccc1)C(C(=O)c1ccccc1)C(C[N+](=O)[O-])c1ccccc1F. The molecule has 0 saturated heterocycles. The van der Waals surface area contributed by atoms with E-state index in [1.165, 1.54) is 48.5 Å². The van der Waals surface area contributed by atoms with Crippen molar-refractivity contribution in [3.05, 3.63) is 118 Å². The van der Waals surface area contributed by atoms with E-state index in [1.807, 2.05) is 0 Å². The quantitative estimate of drug-likeness (QED) is 0.244. The van der Waals surface area contributed by atoms with Gasteiger partial charge in [-0.15, -0.1) is 0 Å². The molecule has 3 aromatic rings. The molecule has 6 heteroatoms. The molecule has 29 heavy (non-hydrogen) atoms. The van der Waals surface area contributed by atoms with Crippen LogP contribution in [0.5, 0.6) is 0 Å². The molecule has 0 amide bonds. The van der Waals surface area contributed by atoms with E-state index in [4.69, 9.17) is 0 Å². The third-order valence-corrected chi connectivity index (χ3v) is 4.73. The van der Waals surface area contributed by atoms with Gasteiger partial charge in [-0.3, -0.25) is 19.7 Å². The molecule has 3 aromatic carbocycles. The monoisotopic (exact) mass is 391 g/mol. The second kappa shape index (κ2) is 9.01. The molecule has 0 aliphatic heterocycles. The number of carbonyl (C=O) groups is 2. The van der Waals surface area contributed by atoms with Gasteiger partial charge in [0.2, 0.25) is 6.54 Å². The predicted octanol–water partition coefficient (Wildman–Crippen LogP) is 4.57. The predicted molar refractivity (Wildman–Crippen MR) is 106 cm³/mol. The Bertz CT molecular complexity index is 970. The summed E-state index contributed by atoms with van der Waals surface area (Å²) >= 11 is 0. The van der Waals surface area contributed by atoms with E-state index in [2.05, 4.69) is 0 Å². The Morgan fingerprint density at radius 2 is 1.24 bits per heavy atom. The minimum Gasteiger partial charge on any atom is -0.293 e. The van der Waals surface area contributed by atoms with Crippen LogP contribution in [0.1, 0.15) is 32.2 Å². The van der Waals surface area contributed by atoms with Crippen molar-refractivity contribution in [2.75, 3.05) is 6.54 Å². The molecule has 1 unspecified atom stereocenters. The minimum atomic E-state index is -1.43. The lowest BCUT2D eigenvalue weighted by Crippen LogP contribution is -2.34. The molecule has 0 N–H and O–H groups in total. The largest absolute Gasteiger partial charge is 0.293 e. The van der Waals surface area contributed by atoms with E-state index in [0.717, 1.165) is 0 Å². The molecule has 3 rings (SSSR count). The van der Waals surface area contributed by atoms with Gasteiger partial charge in [0.05, 0.1) is 11.8 Å². The number of carbonyl (C=O) groups excluding carboxylic acids is 2. The minimum absolute atomic E-state index is 0.0252. The van der Waals surface area contributed by atoms with E-state index < -0.39 is 40.7 Å². The molecular formula is C23H18FNO4. The second-order valence-corrected chi connectivity index (χ2v) is 6.58. The van der Waals surface area contributed by atoms with Crippen LogP contribution in [0, 0.1) is 21.8 Å². The second-order valence-electron chi connectivity index (χ2n) is 6.58. The fourth-order valence-electron chi connectivity index (χ4n) is 3.37. The summed E-state index contributed by atoms with van der Waals surface area (Å²) in [5, 5.41) is 11.4. The standard InChI is InChI=1S/C23H18FNO4/c24-20-14-8-7-13-18(20)19(15-25(28)29)21(22(26)16-9-3-1-4-10-16)23(27)17-11-5-2-6-12-17/h1-14,19,21H,15H2. The van der Waals surface area contributed by atoms with Crippen LogP contribution in [-0.4, -0.2) is 23.0 Å². The Hall–Kier alpha value is -3.67. The average Bonchev–Trinajstić information content (AvgIpc) is 2.74. The van der Waals surface area contributed by atoms with Crippen molar-refractivity contribution in [3.63, 3.8) is 0 Å². The number of nitrogens with zero attached hydrogens (tertiary/aromatic N) is 1. The van der Waals surface area contributed by atoms with Gasteiger partial charge >= 0.3 is 0 Å². The number of ketones is 2. The van der Waals surface area contributed by atoms with Crippen LogP contribution in [0.25, 0.3) is 0 Å². The van der Waals surface area contributed by atoms with Crippen molar-refractivity contribution in [1.82, 2.24) is 0 Å². The maximum atomic E-state index is 14.5. The van der Waals surface area contributed by atoms with Gasteiger partial charge in [-0.25, -0.2) is 4.39 Å². The van der Waals surface area contributed by atoms with Gasteiger partial charge in [-0.1, -0.05) is 78.9 Å². The van der Waals surface area contributed by atoms with Gasteiger partial charge in [0.25, 0.3) is 0 Å². The molecule has 0 heterocycles. The van der Waals surface area contributed by atoms with Crippen molar-refractivity contribution >= 4 is 11.6 Å². The Morgan fingerprint density at radius 1 is 0.793 bits per heavy atom. The summed E-state index contributed by atoms with van der Waals surface area (Å²) in [4.78, 5) is 37.4. The summed E-state index contributed by atoms with van der Waals surface area (Å²) < 4.78 is 14.5. The van der Waals surface area contributed by atoms with Gasteiger partial charge in [0.1, 0.15) is 5.82 Å². The topological polar surface area (TPSA) is 77.3 Å². The van der Waals surface area contributed by atoms with E-state index in [-0.39, 0.29) is 16.7 Å². The molecule has 0 radical (unpaired) electrons. The highest BCUT2D eigenvalue weighted by Crippen LogP contribution is 2.32. The summed E-state index contributed by atoms with van der Waals surface area (Å²) in [5.41, 5.74) is 0.459. The third-order valence-electron chi connectivity index (χ3n) is 4.73. The number of rotatable bonds is 8. The van der Waals surface area contributed by atoms with E-state index >= 15 is 0 Å². The first-order valence-electron chi connectivity index (χ1n) is 9.03. The molecule has 0 saturated carbocycles. The van der Waals surface area contributed by atoms with Crippen LogP contribution in [0.3, 0.4) is 0 Å². The van der Waals surface area contributed by atoms with Crippen molar-refractivity contribution < 1.29 is 18.9 Å². The highest BCUT2D eigenvalue weighted by Gasteiger charge is 2.40. The summed E-state index contributed by atoms with van der Waals surface area (Å²) in [6.45, 7) is -0.747. The van der Waals surface area contributed by atoms with Crippen LogP contribution in [-0.2, 0) is 0 Å². The Morgan fingerprint density at radius 3 is 1.69 bits per heavy atom. The molecule has 0 spiro atoms. The molecule has 1 atom stereocenters. The lowest BCUT2D eigenvalue weighted by Gasteiger charge is -2.23. The normalized spacial score (nSPS) is 11.8. The summed E-state index contributed by atoms with van der Waals surface area (Å²) in [7, 11) is 0. The summed E-state index contributed by atoms with van der Waals surface area (Å²) in [6.07, 6.45) is 0. The third kappa shape index (κ3) is 4.60. The Labute approximate surface area is 167 Å². The maximum absolute atomic E-state index is 14.5. The zero-order valence-electron chi connectivity index (χ0n) is 15.4. The van der Waals surface area contributed by atoms with Crippen LogP contribution in [0.2, 0.25) is 0 Å². The number of Topliss-reactive ketones (excluding diaryl/α,β-unsaturated/α-hetero) is 2. The van der Waals surface area contributed by atoms with Crippen LogP contribution < -0.4 is 0 Å². The highest BCUT2D eigenvalue weighted by atomic mass is 19.1. The first kappa shape index (κ1) is 20.1.